The number of nitrogens with zero attached hydrogens (tertiary/aromatic N) is 2. The van der Waals surface area contributed by atoms with Gasteiger partial charge < -0.3 is 15.0 Å². The average molecular weight is 195 g/mol. The molecule has 14 heavy (non-hydrogen) atoms. The van der Waals surface area contributed by atoms with Crippen LogP contribution >= 0.6 is 0 Å². The summed E-state index contributed by atoms with van der Waals surface area (Å²) in [5, 5.41) is 0. The smallest absolute Gasteiger partial charge is 0.128 e. The van der Waals surface area contributed by atoms with E-state index in [1.807, 2.05) is 17.8 Å². The Kier molecular flexibility index (Phi) is 2.56. The first-order valence-corrected chi connectivity index (χ1v) is 4.99. The zero-order valence-corrected chi connectivity index (χ0v) is 8.68. The van der Waals surface area contributed by atoms with Gasteiger partial charge in [-0.05, 0) is 18.8 Å². The van der Waals surface area contributed by atoms with Gasteiger partial charge in [0.1, 0.15) is 5.82 Å². The molecule has 1 heterocycles. The number of ether oxygens (including phenoxy) is 1. The van der Waals surface area contributed by atoms with E-state index in [0.29, 0.717) is 5.92 Å². The van der Waals surface area contributed by atoms with Gasteiger partial charge in [-0.1, -0.05) is 0 Å². The molecule has 2 unspecified atom stereocenters. The predicted molar refractivity (Wildman–Crippen MR) is 53.7 cm³/mol. The Morgan fingerprint density at radius 3 is 2.79 bits per heavy atom. The van der Waals surface area contributed by atoms with E-state index < -0.39 is 0 Å². The van der Waals surface area contributed by atoms with Crippen LogP contribution in [0.15, 0.2) is 12.4 Å². The molecule has 1 aromatic heterocycles. The van der Waals surface area contributed by atoms with Crippen molar-refractivity contribution in [2.24, 2.45) is 18.7 Å². The van der Waals surface area contributed by atoms with Crippen molar-refractivity contribution in [1.82, 2.24) is 9.55 Å². The molecule has 1 aliphatic carbocycles. The van der Waals surface area contributed by atoms with E-state index in [4.69, 9.17) is 10.5 Å². The Morgan fingerprint density at radius 2 is 2.36 bits per heavy atom. The van der Waals surface area contributed by atoms with Crippen molar-refractivity contribution in [3.63, 3.8) is 0 Å². The molecule has 2 rings (SSSR count). The highest BCUT2D eigenvalue weighted by Gasteiger charge is 2.37. The molecule has 0 aromatic carbocycles. The Morgan fingerprint density at radius 1 is 1.64 bits per heavy atom. The standard InChI is InChI=1S/C10H17N3O/c1-13-6-5-12-10(13)8(11)9(14-2)7-3-4-7/h5-9H,3-4,11H2,1-2H3. The topological polar surface area (TPSA) is 53.1 Å². The molecule has 4 nitrogen and oxygen atoms in total. The lowest BCUT2D eigenvalue weighted by atomic mass is 10.1. The third-order valence-corrected chi connectivity index (χ3v) is 2.87. The van der Waals surface area contributed by atoms with Crippen molar-refractivity contribution in [3.05, 3.63) is 18.2 Å². The summed E-state index contributed by atoms with van der Waals surface area (Å²) in [6.45, 7) is 0. The third-order valence-electron chi connectivity index (χ3n) is 2.87. The van der Waals surface area contributed by atoms with Gasteiger partial charge >= 0.3 is 0 Å². The zero-order valence-electron chi connectivity index (χ0n) is 8.68. The molecule has 2 N–H and O–H groups in total. The van der Waals surface area contributed by atoms with E-state index >= 15 is 0 Å². The van der Waals surface area contributed by atoms with E-state index in [2.05, 4.69) is 4.98 Å². The molecule has 0 amide bonds. The summed E-state index contributed by atoms with van der Waals surface area (Å²) in [5.41, 5.74) is 6.13. The van der Waals surface area contributed by atoms with E-state index in [9.17, 15) is 0 Å². The van der Waals surface area contributed by atoms with Gasteiger partial charge in [-0.2, -0.15) is 0 Å². The first-order valence-electron chi connectivity index (χ1n) is 4.99. The van der Waals surface area contributed by atoms with Crippen LogP contribution in [0, 0.1) is 5.92 Å². The fourth-order valence-electron chi connectivity index (χ4n) is 1.90. The molecule has 0 bridgehead atoms. The van der Waals surface area contributed by atoms with Gasteiger partial charge in [-0.15, -0.1) is 0 Å². The second-order valence-corrected chi connectivity index (χ2v) is 3.96. The van der Waals surface area contributed by atoms with Crippen LogP contribution in [0.5, 0.6) is 0 Å². The van der Waals surface area contributed by atoms with Crippen LogP contribution in [0.4, 0.5) is 0 Å². The molecule has 78 valence electrons. The van der Waals surface area contributed by atoms with Crippen molar-refractivity contribution < 1.29 is 4.74 Å². The van der Waals surface area contributed by atoms with E-state index in [0.717, 1.165) is 5.82 Å². The number of hydrogen-bond donors (Lipinski definition) is 1. The molecule has 1 saturated carbocycles. The van der Waals surface area contributed by atoms with Gasteiger partial charge in [-0.3, -0.25) is 0 Å². The van der Waals surface area contributed by atoms with Crippen molar-refractivity contribution in [2.45, 2.75) is 25.0 Å². The van der Waals surface area contributed by atoms with E-state index in [1.54, 1.807) is 13.3 Å². The Labute approximate surface area is 84.1 Å². The molecule has 0 radical (unpaired) electrons. The number of aromatic nitrogens is 2. The quantitative estimate of drug-likeness (QED) is 0.774. The van der Waals surface area contributed by atoms with Gasteiger partial charge in [0.05, 0.1) is 12.1 Å². The molecule has 1 aliphatic rings. The van der Waals surface area contributed by atoms with Gasteiger partial charge in [-0.25, -0.2) is 4.98 Å². The fourth-order valence-corrected chi connectivity index (χ4v) is 1.90. The molecule has 0 spiro atoms. The maximum absolute atomic E-state index is 6.13. The summed E-state index contributed by atoms with van der Waals surface area (Å²) in [6.07, 6.45) is 6.27. The summed E-state index contributed by atoms with van der Waals surface area (Å²) in [4.78, 5) is 4.25. The van der Waals surface area contributed by atoms with Gasteiger partial charge in [0, 0.05) is 26.6 Å². The summed E-state index contributed by atoms with van der Waals surface area (Å²) >= 11 is 0. The summed E-state index contributed by atoms with van der Waals surface area (Å²) in [7, 11) is 3.69. The highest BCUT2D eigenvalue weighted by molar-refractivity contribution is 5.03. The number of hydrogen-bond acceptors (Lipinski definition) is 3. The monoisotopic (exact) mass is 195 g/mol. The average Bonchev–Trinajstić information content (AvgIpc) is 2.90. The molecule has 0 aliphatic heterocycles. The fraction of sp³-hybridized carbons (Fsp3) is 0.700. The van der Waals surface area contributed by atoms with Crippen LogP contribution in [0.2, 0.25) is 0 Å². The van der Waals surface area contributed by atoms with Gasteiger partial charge in [0.2, 0.25) is 0 Å². The Balaban J connectivity index is 2.13. The lowest BCUT2D eigenvalue weighted by Crippen LogP contribution is -2.31. The van der Waals surface area contributed by atoms with Gasteiger partial charge in [0.15, 0.2) is 0 Å². The first-order chi connectivity index (χ1) is 6.74. The van der Waals surface area contributed by atoms with Crippen LogP contribution in [0.1, 0.15) is 24.7 Å². The van der Waals surface area contributed by atoms with Gasteiger partial charge in [0.25, 0.3) is 0 Å². The summed E-state index contributed by atoms with van der Waals surface area (Å²) in [6, 6.07) is -0.104. The molecule has 4 heteroatoms. The highest BCUT2D eigenvalue weighted by Crippen LogP contribution is 2.38. The van der Waals surface area contributed by atoms with Crippen molar-refractivity contribution >= 4 is 0 Å². The summed E-state index contributed by atoms with van der Waals surface area (Å²) in [5.74, 6) is 1.54. The number of rotatable bonds is 4. The molecular weight excluding hydrogens is 178 g/mol. The number of nitrogens with two attached hydrogens (primary N) is 1. The predicted octanol–water partition coefficient (Wildman–Crippen LogP) is 0.845. The Bertz CT molecular complexity index is 306. The van der Waals surface area contributed by atoms with Crippen molar-refractivity contribution in [1.29, 1.82) is 0 Å². The maximum Gasteiger partial charge on any atom is 0.128 e. The van der Waals surface area contributed by atoms with Crippen molar-refractivity contribution in [2.75, 3.05) is 7.11 Å². The number of methoxy groups -OCH3 is 1. The maximum atomic E-state index is 6.13. The molecule has 1 aromatic rings. The first kappa shape index (κ1) is 9.68. The lowest BCUT2D eigenvalue weighted by Gasteiger charge is -2.21. The molecular formula is C10H17N3O. The SMILES string of the molecule is COC(C1CC1)C(N)c1nccn1C. The third kappa shape index (κ3) is 1.67. The highest BCUT2D eigenvalue weighted by atomic mass is 16.5. The molecule has 1 fully saturated rings. The minimum absolute atomic E-state index is 0.104. The van der Waals surface area contributed by atoms with Crippen LogP contribution in [0.25, 0.3) is 0 Å². The summed E-state index contributed by atoms with van der Waals surface area (Å²) < 4.78 is 7.39. The van der Waals surface area contributed by atoms with Crippen LogP contribution < -0.4 is 5.73 Å². The molecule has 2 atom stereocenters. The largest absolute Gasteiger partial charge is 0.379 e. The van der Waals surface area contributed by atoms with Crippen molar-refractivity contribution in [3.8, 4) is 0 Å². The lowest BCUT2D eigenvalue weighted by molar-refractivity contribution is 0.0593. The second kappa shape index (κ2) is 3.71. The number of aryl methyl sites for hydroxylation is 1. The van der Waals surface area contributed by atoms with E-state index in [1.165, 1.54) is 12.8 Å². The minimum atomic E-state index is -0.104. The van der Waals surface area contributed by atoms with Crippen LogP contribution in [-0.4, -0.2) is 22.8 Å². The van der Waals surface area contributed by atoms with Crippen LogP contribution in [-0.2, 0) is 11.8 Å². The zero-order chi connectivity index (χ0) is 10.1. The number of imidazole rings is 1. The Hall–Kier alpha value is -0.870. The van der Waals surface area contributed by atoms with Crippen LogP contribution in [0.3, 0.4) is 0 Å². The minimum Gasteiger partial charge on any atom is -0.379 e. The molecule has 0 saturated heterocycles. The van der Waals surface area contributed by atoms with E-state index in [-0.39, 0.29) is 12.1 Å². The normalized spacial score (nSPS) is 20.8. The second-order valence-electron chi connectivity index (χ2n) is 3.96.